The molecule has 0 radical (unpaired) electrons. The summed E-state index contributed by atoms with van der Waals surface area (Å²) in [5.41, 5.74) is 2.90. The Morgan fingerprint density at radius 1 is 1.18 bits per heavy atom. The van der Waals surface area contributed by atoms with E-state index in [4.69, 9.17) is 17.0 Å². The van der Waals surface area contributed by atoms with E-state index in [9.17, 15) is 4.39 Å². The third-order valence-electron chi connectivity index (χ3n) is 3.33. The predicted octanol–water partition coefficient (Wildman–Crippen LogP) is 4.19. The summed E-state index contributed by atoms with van der Waals surface area (Å²) in [6.07, 6.45) is 0. The summed E-state index contributed by atoms with van der Waals surface area (Å²) >= 11 is 5.29. The van der Waals surface area contributed by atoms with Gasteiger partial charge in [-0.2, -0.15) is 0 Å². The van der Waals surface area contributed by atoms with Gasteiger partial charge in [0.15, 0.2) is 16.7 Å². The first-order chi connectivity index (χ1) is 10.5. The zero-order valence-electron chi connectivity index (χ0n) is 12.8. The van der Waals surface area contributed by atoms with E-state index in [-0.39, 0.29) is 17.6 Å². The largest absolute Gasteiger partial charge is 0.494 e. The average Bonchev–Trinajstić information content (AvgIpc) is 2.49. The van der Waals surface area contributed by atoms with Gasteiger partial charge in [0.1, 0.15) is 0 Å². The molecule has 0 saturated heterocycles. The van der Waals surface area contributed by atoms with Crippen molar-refractivity contribution in [3.05, 3.63) is 59.4 Å². The van der Waals surface area contributed by atoms with Crippen LogP contribution in [0, 0.1) is 12.7 Å². The van der Waals surface area contributed by atoms with Gasteiger partial charge in [0, 0.05) is 5.69 Å². The standard InChI is InChI=1S/C17H19FN2OS/c1-11-4-7-14(8-5-11)20-17(22)19-12(2)13-6-9-16(21-3)15(18)10-13/h4-10,12H,1-3H3,(H2,19,20,22)/t12-/m0/s1. The van der Waals surface area contributed by atoms with Gasteiger partial charge >= 0.3 is 0 Å². The lowest BCUT2D eigenvalue weighted by atomic mass is 10.1. The van der Waals surface area contributed by atoms with Crippen LogP contribution in [0.1, 0.15) is 24.1 Å². The van der Waals surface area contributed by atoms with Crippen molar-refractivity contribution in [3.63, 3.8) is 0 Å². The summed E-state index contributed by atoms with van der Waals surface area (Å²) in [5, 5.41) is 6.74. The SMILES string of the molecule is COc1ccc([C@H](C)NC(=S)Nc2ccc(C)cc2)cc1F. The fraction of sp³-hybridized carbons (Fsp3) is 0.235. The predicted molar refractivity (Wildman–Crippen MR) is 91.9 cm³/mol. The van der Waals surface area contributed by atoms with Crippen LogP contribution in [0.4, 0.5) is 10.1 Å². The molecule has 0 aliphatic rings. The van der Waals surface area contributed by atoms with E-state index in [0.29, 0.717) is 5.11 Å². The van der Waals surface area contributed by atoms with Gasteiger partial charge in [-0.25, -0.2) is 4.39 Å². The Balaban J connectivity index is 1.98. The minimum atomic E-state index is -0.383. The van der Waals surface area contributed by atoms with Gasteiger partial charge in [-0.3, -0.25) is 0 Å². The molecular weight excluding hydrogens is 299 g/mol. The average molecular weight is 318 g/mol. The van der Waals surface area contributed by atoms with Crippen molar-refractivity contribution in [1.82, 2.24) is 5.32 Å². The van der Waals surface area contributed by atoms with E-state index in [1.54, 1.807) is 6.07 Å². The zero-order valence-corrected chi connectivity index (χ0v) is 13.6. The number of thiocarbonyl (C=S) groups is 1. The number of halogens is 1. The molecule has 3 nitrogen and oxygen atoms in total. The Bertz CT molecular complexity index is 658. The molecule has 0 aliphatic carbocycles. The van der Waals surface area contributed by atoms with Crippen molar-refractivity contribution in [2.45, 2.75) is 19.9 Å². The second-order valence-electron chi connectivity index (χ2n) is 5.08. The summed E-state index contributed by atoms with van der Waals surface area (Å²) < 4.78 is 18.6. The maximum atomic E-state index is 13.7. The van der Waals surface area contributed by atoms with E-state index >= 15 is 0 Å². The molecule has 0 aromatic heterocycles. The molecule has 2 aromatic carbocycles. The van der Waals surface area contributed by atoms with Crippen molar-refractivity contribution in [2.24, 2.45) is 0 Å². The normalized spacial score (nSPS) is 11.6. The molecule has 0 bridgehead atoms. The maximum absolute atomic E-state index is 13.7. The smallest absolute Gasteiger partial charge is 0.171 e. The molecule has 0 unspecified atom stereocenters. The molecule has 0 amide bonds. The number of rotatable bonds is 4. The lowest BCUT2D eigenvalue weighted by Crippen LogP contribution is -2.30. The minimum absolute atomic E-state index is 0.120. The highest BCUT2D eigenvalue weighted by molar-refractivity contribution is 7.80. The van der Waals surface area contributed by atoms with Gasteiger partial charge in [-0.05, 0) is 55.9 Å². The molecular formula is C17H19FN2OS. The van der Waals surface area contributed by atoms with Crippen molar-refractivity contribution >= 4 is 23.0 Å². The number of anilines is 1. The van der Waals surface area contributed by atoms with Gasteiger partial charge in [-0.15, -0.1) is 0 Å². The van der Waals surface area contributed by atoms with Crippen LogP contribution in [0.2, 0.25) is 0 Å². The number of benzene rings is 2. The second kappa shape index (κ2) is 7.22. The summed E-state index contributed by atoms with van der Waals surface area (Å²) in [4.78, 5) is 0. The fourth-order valence-electron chi connectivity index (χ4n) is 2.04. The molecule has 0 aliphatic heterocycles. The Morgan fingerprint density at radius 3 is 2.45 bits per heavy atom. The molecule has 2 rings (SSSR count). The monoisotopic (exact) mass is 318 g/mol. The third-order valence-corrected chi connectivity index (χ3v) is 3.55. The third kappa shape index (κ3) is 4.18. The van der Waals surface area contributed by atoms with Crippen LogP contribution in [0.3, 0.4) is 0 Å². The number of aryl methyl sites for hydroxylation is 1. The molecule has 5 heteroatoms. The first-order valence-electron chi connectivity index (χ1n) is 6.97. The fourth-order valence-corrected chi connectivity index (χ4v) is 2.33. The summed E-state index contributed by atoms with van der Waals surface area (Å²) in [6.45, 7) is 3.95. The zero-order chi connectivity index (χ0) is 16.1. The molecule has 2 aromatic rings. The first-order valence-corrected chi connectivity index (χ1v) is 7.38. The Morgan fingerprint density at radius 2 is 1.86 bits per heavy atom. The lowest BCUT2D eigenvalue weighted by Gasteiger charge is -2.18. The van der Waals surface area contributed by atoms with Crippen LogP contribution in [0.5, 0.6) is 5.75 Å². The molecule has 0 heterocycles. The van der Waals surface area contributed by atoms with E-state index in [0.717, 1.165) is 11.3 Å². The van der Waals surface area contributed by atoms with Crippen molar-refractivity contribution < 1.29 is 9.13 Å². The topological polar surface area (TPSA) is 33.3 Å². The molecule has 1 atom stereocenters. The molecule has 0 fully saturated rings. The van der Waals surface area contributed by atoms with Crippen molar-refractivity contribution in [2.75, 3.05) is 12.4 Å². The summed E-state index contributed by atoms with van der Waals surface area (Å²) in [5.74, 6) is -0.151. The molecule has 116 valence electrons. The van der Waals surface area contributed by atoms with Gasteiger partial charge in [0.2, 0.25) is 0 Å². The molecule has 0 spiro atoms. The number of methoxy groups -OCH3 is 1. The highest BCUT2D eigenvalue weighted by Crippen LogP contribution is 2.21. The highest BCUT2D eigenvalue weighted by Gasteiger charge is 2.10. The summed E-state index contributed by atoms with van der Waals surface area (Å²) in [6, 6.07) is 12.7. The van der Waals surface area contributed by atoms with E-state index < -0.39 is 0 Å². The Labute approximate surface area is 135 Å². The maximum Gasteiger partial charge on any atom is 0.171 e. The van der Waals surface area contributed by atoms with Crippen LogP contribution in [-0.4, -0.2) is 12.2 Å². The van der Waals surface area contributed by atoms with Crippen LogP contribution in [-0.2, 0) is 0 Å². The highest BCUT2D eigenvalue weighted by atomic mass is 32.1. The number of hydrogen-bond acceptors (Lipinski definition) is 2. The van der Waals surface area contributed by atoms with Crippen LogP contribution >= 0.6 is 12.2 Å². The molecule has 2 N–H and O–H groups in total. The van der Waals surface area contributed by atoms with Gasteiger partial charge in [0.25, 0.3) is 0 Å². The Hall–Kier alpha value is -2.14. The van der Waals surface area contributed by atoms with Crippen molar-refractivity contribution in [1.29, 1.82) is 0 Å². The Kier molecular flexibility index (Phi) is 5.33. The van der Waals surface area contributed by atoms with Crippen LogP contribution < -0.4 is 15.4 Å². The number of hydrogen-bond donors (Lipinski definition) is 2. The van der Waals surface area contributed by atoms with Gasteiger partial charge in [-0.1, -0.05) is 23.8 Å². The van der Waals surface area contributed by atoms with Crippen LogP contribution in [0.25, 0.3) is 0 Å². The lowest BCUT2D eigenvalue weighted by molar-refractivity contribution is 0.386. The van der Waals surface area contributed by atoms with Gasteiger partial charge < -0.3 is 15.4 Å². The van der Waals surface area contributed by atoms with Crippen LogP contribution in [0.15, 0.2) is 42.5 Å². The minimum Gasteiger partial charge on any atom is -0.494 e. The molecule has 22 heavy (non-hydrogen) atoms. The van der Waals surface area contributed by atoms with E-state index in [1.165, 1.54) is 18.7 Å². The second-order valence-corrected chi connectivity index (χ2v) is 5.49. The van der Waals surface area contributed by atoms with Crippen molar-refractivity contribution in [3.8, 4) is 5.75 Å². The molecule has 0 saturated carbocycles. The number of nitrogens with one attached hydrogen (secondary N) is 2. The van der Waals surface area contributed by atoms with Gasteiger partial charge in [0.05, 0.1) is 13.2 Å². The quantitative estimate of drug-likeness (QED) is 0.828. The number of ether oxygens (including phenoxy) is 1. The summed E-state index contributed by atoms with van der Waals surface area (Å²) in [7, 11) is 1.44. The van der Waals surface area contributed by atoms with E-state index in [1.807, 2.05) is 44.2 Å². The van der Waals surface area contributed by atoms with E-state index in [2.05, 4.69) is 10.6 Å². The first kappa shape index (κ1) is 16.2.